The zero-order valence-corrected chi connectivity index (χ0v) is 8.95. The van der Waals surface area contributed by atoms with Crippen molar-refractivity contribution in [2.75, 3.05) is 13.1 Å². The lowest BCUT2D eigenvalue weighted by Crippen LogP contribution is -2.32. The third kappa shape index (κ3) is 1.66. The van der Waals surface area contributed by atoms with Gasteiger partial charge < -0.3 is 9.88 Å². The molecule has 0 saturated carbocycles. The van der Waals surface area contributed by atoms with Crippen molar-refractivity contribution >= 4 is 0 Å². The lowest BCUT2D eigenvalue weighted by molar-refractivity contribution is 0.359. The zero-order chi connectivity index (χ0) is 9.97. The maximum absolute atomic E-state index is 4.19. The smallest absolute Gasteiger partial charge is 0.133 e. The van der Waals surface area contributed by atoms with Crippen molar-refractivity contribution in [2.45, 2.75) is 39.2 Å². The molecule has 0 aromatic carbocycles. The van der Waals surface area contributed by atoms with Gasteiger partial charge in [-0.3, -0.25) is 0 Å². The van der Waals surface area contributed by atoms with E-state index in [-0.39, 0.29) is 0 Å². The Morgan fingerprint density at radius 2 is 2.36 bits per heavy atom. The summed E-state index contributed by atoms with van der Waals surface area (Å²) in [5.74, 6) is 2.17. The van der Waals surface area contributed by atoms with E-state index in [1.54, 1.807) is 0 Å². The molecule has 0 radical (unpaired) electrons. The van der Waals surface area contributed by atoms with Crippen molar-refractivity contribution in [2.24, 2.45) is 0 Å². The van der Waals surface area contributed by atoms with Gasteiger partial charge in [-0.05, 0) is 26.3 Å². The first-order valence-corrected chi connectivity index (χ1v) is 5.44. The van der Waals surface area contributed by atoms with E-state index in [1.807, 2.05) is 6.92 Å². The molecule has 0 aliphatic carbocycles. The van der Waals surface area contributed by atoms with Gasteiger partial charge in [0.2, 0.25) is 0 Å². The van der Waals surface area contributed by atoms with Crippen molar-refractivity contribution in [3.8, 4) is 0 Å². The van der Waals surface area contributed by atoms with Gasteiger partial charge in [-0.25, -0.2) is 0 Å². The molecule has 1 aliphatic rings. The van der Waals surface area contributed by atoms with Crippen LogP contribution in [0.3, 0.4) is 0 Å². The molecule has 78 valence electrons. The van der Waals surface area contributed by atoms with E-state index < -0.39 is 0 Å². The van der Waals surface area contributed by atoms with Gasteiger partial charge in [0.05, 0.1) is 0 Å². The highest BCUT2D eigenvalue weighted by atomic mass is 15.3. The lowest BCUT2D eigenvalue weighted by Gasteiger charge is -2.25. The van der Waals surface area contributed by atoms with E-state index in [0.717, 1.165) is 31.2 Å². The van der Waals surface area contributed by atoms with Gasteiger partial charge in [-0.1, -0.05) is 6.92 Å². The number of aromatic nitrogens is 3. The van der Waals surface area contributed by atoms with Crippen LogP contribution in [0, 0.1) is 6.92 Å². The predicted molar refractivity (Wildman–Crippen MR) is 55.3 cm³/mol. The fourth-order valence-electron chi connectivity index (χ4n) is 2.18. The molecule has 1 fully saturated rings. The summed E-state index contributed by atoms with van der Waals surface area (Å²) in [5.41, 5.74) is 0. The Morgan fingerprint density at radius 3 is 3.00 bits per heavy atom. The molecule has 1 N–H and O–H groups in total. The second-order valence-electron chi connectivity index (χ2n) is 3.89. The fraction of sp³-hybridized carbons (Fsp3) is 0.800. The number of hydrogen-bond acceptors (Lipinski definition) is 3. The fourth-order valence-corrected chi connectivity index (χ4v) is 2.18. The highest BCUT2D eigenvalue weighted by Crippen LogP contribution is 2.19. The molecule has 2 rings (SSSR count). The van der Waals surface area contributed by atoms with Crippen LogP contribution in [-0.2, 0) is 6.42 Å². The molecule has 1 aromatic heterocycles. The van der Waals surface area contributed by atoms with Crippen LogP contribution < -0.4 is 5.32 Å². The van der Waals surface area contributed by atoms with Gasteiger partial charge in [0, 0.05) is 19.0 Å². The Balaban J connectivity index is 2.23. The first-order valence-electron chi connectivity index (χ1n) is 5.44. The molecular formula is C10H18N4. The average Bonchev–Trinajstić information content (AvgIpc) is 2.61. The number of rotatable bonds is 2. The van der Waals surface area contributed by atoms with E-state index in [2.05, 4.69) is 27.0 Å². The normalized spacial score (nSPS) is 22.6. The molecule has 1 aromatic rings. The highest BCUT2D eigenvalue weighted by Gasteiger charge is 2.19. The summed E-state index contributed by atoms with van der Waals surface area (Å²) in [6.07, 6.45) is 3.47. The maximum Gasteiger partial charge on any atom is 0.133 e. The SMILES string of the molecule is CCc1nnc(C)n1C1CCCNC1. The summed E-state index contributed by atoms with van der Waals surface area (Å²) >= 11 is 0. The molecule has 1 aliphatic heterocycles. The van der Waals surface area contributed by atoms with Crippen LogP contribution in [0.5, 0.6) is 0 Å². The van der Waals surface area contributed by atoms with E-state index in [4.69, 9.17) is 0 Å². The molecule has 0 amide bonds. The molecular weight excluding hydrogens is 176 g/mol. The molecule has 4 nitrogen and oxygen atoms in total. The molecule has 0 bridgehead atoms. The predicted octanol–water partition coefficient (Wildman–Crippen LogP) is 1.07. The molecule has 1 unspecified atom stereocenters. The second-order valence-corrected chi connectivity index (χ2v) is 3.89. The number of piperidine rings is 1. The van der Waals surface area contributed by atoms with Gasteiger partial charge >= 0.3 is 0 Å². The Labute approximate surface area is 84.7 Å². The quantitative estimate of drug-likeness (QED) is 0.766. The maximum atomic E-state index is 4.19. The van der Waals surface area contributed by atoms with Crippen LogP contribution >= 0.6 is 0 Å². The second kappa shape index (κ2) is 4.09. The monoisotopic (exact) mass is 194 g/mol. The van der Waals surface area contributed by atoms with Gasteiger partial charge in [0.15, 0.2) is 0 Å². The molecule has 0 spiro atoms. The number of nitrogens with one attached hydrogen (secondary N) is 1. The zero-order valence-electron chi connectivity index (χ0n) is 8.95. The minimum atomic E-state index is 0.564. The molecule has 14 heavy (non-hydrogen) atoms. The molecule has 4 heteroatoms. The van der Waals surface area contributed by atoms with Crippen molar-refractivity contribution in [1.82, 2.24) is 20.1 Å². The van der Waals surface area contributed by atoms with Gasteiger partial charge in [0.1, 0.15) is 11.6 Å². The number of aryl methyl sites for hydroxylation is 2. The molecule has 1 atom stereocenters. The summed E-state index contributed by atoms with van der Waals surface area (Å²) < 4.78 is 2.30. The Hall–Kier alpha value is -0.900. The number of nitrogens with zero attached hydrogens (tertiary/aromatic N) is 3. The van der Waals surface area contributed by atoms with Crippen LogP contribution in [0.25, 0.3) is 0 Å². The van der Waals surface area contributed by atoms with Crippen molar-refractivity contribution in [3.63, 3.8) is 0 Å². The summed E-state index contributed by atoms with van der Waals surface area (Å²) in [4.78, 5) is 0. The summed E-state index contributed by atoms with van der Waals surface area (Å²) in [7, 11) is 0. The third-order valence-corrected chi connectivity index (χ3v) is 2.89. The Bertz CT molecular complexity index is 299. The number of hydrogen-bond donors (Lipinski definition) is 1. The molecule has 2 heterocycles. The van der Waals surface area contributed by atoms with Crippen LogP contribution in [0.4, 0.5) is 0 Å². The van der Waals surface area contributed by atoms with E-state index in [1.165, 1.54) is 12.8 Å². The summed E-state index contributed by atoms with van der Waals surface area (Å²) in [6.45, 7) is 6.39. The minimum absolute atomic E-state index is 0.564. The standard InChI is InChI=1S/C10H18N4/c1-3-10-13-12-8(2)14(10)9-5-4-6-11-7-9/h9,11H,3-7H2,1-2H3. The minimum Gasteiger partial charge on any atom is -0.315 e. The van der Waals surface area contributed by atoms with Gasteiger partial charge in [-0.2, -0.15) is 0 Å². The van der Waals surface area contributed by atoms with Crippen LogP contribution in [0.1, 0.15) is 37.5 Å². The van der Waals surface area contributed by atoms with Crippen molar-refractivity contribution in [3.05, 3.63) is 11.6 Å². The van der Waals surface area contributed by atoms with Crippen molar-refractivity contribution in [1.29, 1.82) is 0 Å². The van der Waals surface area contributed by atoms with Gasteiger partial charge in [0.25, 0.3) is 0 Å². The summed E-state index contributed by atoms with van der Waals surface area (Å²) in [6, 6.07) is 0.564. The Kier molecular flexibility index (Phi) is 2.82. The Morgan fingerprint density at radius 1 is 1.50 bits per heavy atom. The third-order valence-electron chi connectivity index (χ3n) is 2.89. The van der Waals surface area contributed by atoms with Crippen LogP contribution in [-0.4, -0.2) is 27.9 Å². The first kappa shape index (κ1) is 9.65. The first-order chi connectivity index (χ1) is 6.83. The van der Waals surface area contributed by atoms with E-state index >= 15 is 0 Å². The van der Waals surface area contributed by atoms with Gasteiger partial charge in [-0.15, -0.1) is 10.2 Å². The molecule has 1 saturated heterocycles. The van der Waals surface area contributed by atoms with Crippen LogP contribution in [0.2, 0.25) is 0 Å². The van der Waals surface area contributed by atoms with E-state index in [9.17, 15) is 0 Å². The van der Waals surface area contributed by atoms with Crippen LogP contribution in [0.15, 0.2) is 0 Å². The lowest BCUT2D eigenvalue weighted by atomic mass is 10.1. The average molecular weight is 194 g/mol. The highest BCUT2D eigenvalue weighted by molar-refractivity contribution is 4.98. The topological polar surface area (TPSA) is 42.7 Å². The largest absolute Gasteiger partial charge is 0.315 e. The summed E-state index contributed by atoms with van der Waals surface area (Å²) in [5, 5.41) is 11.8. The van der Waals surface area contributed by atoms with E-state index in [0.29, 0.717) is 6.04 Å². The van der Waals surface area contributed by atoms with Crippen molar-refractivity contribution < 1.29 is 0 Å².